The lowest BCUT2D eigenvalue weighted by atomic mass is 10.4. The molecule has 0 aliphatic rings. The fraction of sp³-hybridized carbons (Fsp3) is 0.750. The van der Waals surface area contributed by atoms with Gasteiger partial charge in [-0.05, 0) is 0 Å². The van der Waals surface area contributed by atoms with Crippen LogP contribution in [0.2, 0.25) is 0 Å². The third kappa shape index (κ3) is 7.62. The topological polar surface area (TPSA) is 73.1 Å². The van der Waals surface area contributed by atoms with Gasteiger partial charge in [0, 0.05) is 11.8 Å². The van der Waals surface area contributed by atoms with Crippen molar-refractivity contribution in [2.24, 2.45) is 0 Å². The number of hydrogen-bond acceptors (Lipinski definition) is 4. The Morgan fingerprint density at radius 2 is 2.46 bits per heavy atom. The second-order valence-electron chi connectivity index (χ2n) is 2.56. The fourth-order valence-corrected chi connectivity index (χ4v) is 1.22. The maximum atomic E-state index is 11.0. The van der Waals surface area contributed by atoms with Crippen LogP contribution in [0.4, 0.5) is 0 Å². The molecule has 0 fully saturated rings. The van der Waals surface area contributed by atoms with E-state index in [2.05, 4.69) is 5.32 Å². The molecule has 13 heavy (non-hydrogen) atoms. The van der Waals surface area contributed by atoms with Crippen molar-refractivity contribution in [3.05, 3.63) is 0 Å². The number of rotatable bonds is 6. The zero-order valence-electron chi connectivity index (χ0n) is 7.62. The third-order valence-electron chi connectivity index (χ3n) is 1.32. The van der Waals surface area contributed by atoms with E-state index in [0.717, 1.165) is 0 Å². The molecule has 0 aliphatic heterocycles. The molecule has 1 atom stereocenters. The number of carbonyl (C=O) groups is 1. The second kappa shape index (κ2) is 7.90. The Morgan fingerprint density at radius 1 is 1.77 bits per heavy atom. The molecule has 0 aliphatic carbocycles. The summed E-state index contributed by atoms with van der Waals surface area (Å²) in [5.74, 6) is 0.258. The molecule has 2 N–H and O–H groups in total. The summed E-state index contributed by atoms with van der Waals surface area (Å²) in [6.45, 7) is 2.34. The number of nitriles is 1. The van der Waals surface area contributed by atoms with Crippen molar-refractivity contribution in [2.75, 3.05) is 18.9 Å². The molecule has 4 nitrogen and oxygen atoms in total. The van der Waals surface area contributed by atoms with E-state index >= 15 is 0 Å². The molecule has 0 bridgehead atoms. The summed E-state index contributed by atoms with van der Waals surface area (Å²) in [6.07, 6.45) is 0.339. The van der Waals surface area contributed by atoms with Gasteiger partial charge in [-0.15, -0.1) is 11.8 Å². The molecule has 0 radical (unpaired) electrons. The molecule has 1 unspecified atom stereocenters. The Kier molecular flexibility index (Phi) is 7.45. The van der Waals surface area contributed by atoms with E-state index in [1.807, 2.05) is 13.0 Å². The Hall–Kier alpha value is -0.730. The van der Waals surface area contributed by atoms with Crippen LogP contribution in [0.5, 0.6) is 0 Å². The van der Waals surface area contributed by atoms with Gasteiger partial charge in [-0.1, -0.05) is 6.92 Å². The number of thioether (sulfide) groups is 1. The van der Waals surface area contributed by atoms with Gasteiger partial charge in [0.1, 0.15) is 0 Å². The number of nitrogens with one attached hydrogen (secondary N) is 1. The van der Waals surface area contributed by atoms with Crippen molar-refractivity contribution in [1.82, 2.24) is 5.32 Å². The van der Waals surface area contributed by atoms with Gasteiger partial charge >= 0.3 is 0 Å². The van der Waals surface area contributed by atoms with Gasteiger partial charge in [0.2, 0.25) is 5.91 Å². The van der Waals surface area contributed by atoms with Crippen LogP contribution in [0.15, 0.2) is 0 Å². The number of aliphatic hydroxyl groups is 1. The minimum Gasteiger partial charge on any atom is -0.395 e. The molecule has 0 heterocycles. The highest BCUT2D eigenvalue weighted by Gasteiger charge is 2.04. The summed E-state index contributed by atoms with van der Waals surface area (Å²) < 4.78 is 0. The lowest BCUT2D eigenvalue weighted by molar-refractivity contribution is -0.118. The quantitative estimate of drug-likeness (QED) is 0.600. The first-order chi connectivity index (χ1) is 6.20. The molecule has 0 aromatic heterocycles. The molecule has 0 saturated carbocycles. The van der Waals surface area contributed by atoms with E-state index in [4.69, 9.17) is 10.4 Å². The smallest absolute Gasteiger partial charge is 0.230 e. The summed E-state index contributed by atoms with van der Waals surface area (Å²) in [6, 6.07) is 1.94. The molecule has 0 rings (SSSR count). The molecule has 1 amide bonds. The summed E-state index contributed by atoms with van der Waals surface area (Å²) in [5.41, 5.74) is 0. The summed E-state index contributed by atoms with van der Waals surface area (Å²) in [7, 11) is 0. The van der Waals surface area contributed by atoms with Crippen molar-refractivity contribution in [3.63, 3.8) is 0 Å². The van der Waals surface area contributed by atoms with Crippen LogP contribution < -0.4 is 5.32 Å². The van der Waals surface area contributed by atoms with E-state index in [0.29, 0.717) is 18.7 Å². The Bertz CT molecular complexity index is 191. The van der Waals surface area contributed by atoms with Gasteiger partial charge in [0.15, 0.2) is 0 Å². The lowest BCUT2D eigenvalue weighted by Crippen LogP contribution is -2.26. The van der Waals surface area contributed by atoms with Gasteiger partial charge in [-0.2, -0.15) is 5.26 Å². The number of carbonyl (C=O) groups excluding carboxylic acids is 1. The van der Waals surface area contributed by atoms with Crippen LogP contribution in [0.3, 0.4) is 0 Å². The number of amides is 1. The predicted molar refractivity (Wildman–Crippen MR) is 52.2 cm³/mol. The van der Waals surface area contributed by atoms with E-state index in [9.17, 15) is 4.79 Å². The summed E-state index contributed by atoms with van der Waals surface area (Å²) in [5, 5.41) is 19.5. The molecule has 0 saturated heterocycles. The predicted octanol–water partition coefficient (Wildman–Crippen LogP) is 0.130. The van der Waals surface area contributed by atoms with E-state index in [1.54, 1.807) is 0 Å². The van der Waals surface area contributed by atoms with Crippen molar-refractivity contribution in [2.45, 2.75) is 18.6 Å². The van der Waals surface area contributed by atoms with Gasteiger partial charge in [-0.3, -0.25) is 4.79 Å². The normalized spacial score (nSPS) is 11.8. The monoisotopic (exact) mass is 202 g/mol. The van der Waals surface area contributed by atoms with Gasteiger partial charge < -0.3 is 10.4 Å². The number of hydrogen-bond donors (Lipinski definition) is 2. The zero-order valence-corrected chi connectivity index (χ0v) is 8.43. The first-order valence-electron chi connectivity index (χ1n) is 4.06. The zero-order chi connectivity index (χ0) is 10.1. The maximum absolute atomic E-state index is 11.0. The van der Waals surface area contributed by atoms with Crippen LogP contribution in [-0.4, -0.2) is 35.2 Å². The van der Waals surface area contributed by atoms with Crippen LogP contribution in [0.1, 0.15) is 13.3 Å². The highest BCUT2D eigenvalue weighted by Crippen LogP contribution is 2.07. The van der Waals surface area contributed by atoms with Crippen molar-refractivity contribution >= 4 is 17.7 Å². The minimum absolute atomic E-state index is 0.0795. The first-order valence-corrected chi connectivity index (χ1v) is 5.11. The highest BCUT2D eigenvalue weighted by molar-refractivity contribution is 8.00. The summed E-state index contributed by atoms with van der Waals surface area (Å²) >= 11 is 1.40. The van der Waals surface area contributed by atoms with E-state index in [-0.39, 0.29) is 17.8 Å². The molecule has 0 aromatic carbocycles. The third-order valence-corrected chi connectivity index (χ3v) is 2.46. The molecular weight excluding hydrogens is 188 g/mol. The Labute approximate surface area is 82.3 Å². The molecule has 74 valence electrons. The van der Waals surface area contributed by atoms with Gasteiger partial charge in [0.05, 0.1) is 24.8 Å². The fourth-order valence-electron chi connectivity index (χ4n) is 0.580. The largest absolute Gasteiger partial charge is 0.395 e. The van der Waals surface area contributed by atoms with Crippen molar-refractivity contribution < 1.29 is 9.90 Å². The van der Waals surface area contributed by atoms with E-state index in [1.165, 1.54) is 11.8 Å². The van der Waals surface area contributed by atoms with E-state index < -0.39 is 0 Å². The Morgan fingerprint density at radius 3 is 3.00 bits per heavy atom. The van der Waals surface area contributed by atoms with Crippen molar-refractivity contribution in [3.8, 4) is 6.07 Å². The number of nitrogens with zero attached hydrogens (tertiary/aromatic N) is 1. The van der Waals surface area contributed by atoms with Crippen LogP contribution in [0, 0.1) is 11.3 Å². The SMILES string of the molecule is CC(CO)SCC(=O)NCCC#N. The minimum atomic E-state index is -0.0828. The molecule has 0 spiro atoms. The molecule has 5 heteroatoms. The van der Waals surface area contributed by atoms with Gasteiger partial charge in [0.25, 0.3) is 0 Å². The summed E-state index contributed by atoms with van der Waals surface area (Å²) in [4.78, 5) is 11.0. The second-order valence-corrected chi connectivity index (χ2v) is 3.99. The average Bonchev–Trinajstić information content (AvgIpc) is 2.14. The van der Waals surface area contributed by atoms with Gasteiger partial charge in [-0.25, -0.2) is 0 Å². The molecule has 0 aromatic rings. The average molecular weight is 202 g/mol. The highest BCUT2D eigenvalue weighted by atomic mass is 32.2. The Balaban J connectivity index is 3.36. The lowest BCUT2D eigenvalue weighted by Gasteiger charge is -2.06. The van der Waals surface area contributed by atoms with Crippen LogP contribution in [0.25, 0.3) is 0 Å². The van der Waals surface area contributed by atoms with Crippen LogP contribution >= 0.6 is 11.8 Å². The number of aliphatic hydroxyl groups excluding tert-OH is 1. The standard InChI is InChI=1S/C8H14N2O2S/c1-7(5-11)13-6-8(12)10-4-2-3-9/h7,11H,2,4-6H2,1H3,(H,10,12). The van der Waals surface area contributed by atoms with Crippen LogP contribution in [-0.2, 0) is 4.79 Å². The maximum Gasteiger partial charge on any atom is 0.230 e. The van der Waals surface area contributed by atoms with Crippen molar-refractivity contribution in [1.29, 1.82) is 5.26 Å². The first kappa shape index (κ1) is 12.3. The molecular formula is C8H14N2O2S.